The molecule has 1 fully saturated rings. The van der Waals surface area contributed by atoms with E-state index in [0.29, 0.717) is 23.1 Å². The lowest BCUT2D eigenvalue weighted by atomic mass is 10.0. The molecule has 7 nitrogen and oxygen atoms in total. The largest absolute Gasteiger partial charge is 0.497 e. The van der Waals surface area contributed by atoms with Crippen LogP contribution in [0.4, 0.5) is 5.69 Å². The van der Waals surface area contributed by atoms with E-state index in [4.69, 9.17) is 14.2 Å². The standard InChI is InChI=1S/C23H28N2O5/c1-15(2)16-5-8-18(9-6-16)24-23(27)20-13-30-14-22(26)25(20)12-17-7-10-19(28-3)11-21(17)29-4/h5-11,15,20H,12-14H2,1-4H3,(H,24,27)/t20-/m0/s1. The molecule has 0 radical (unpaired) electrons. The average molecular weight is 412 g/mol. The van der Waals surface area contributed by atoms with Crippen molar-refractivity contribution < 1.29 is 23.8 Å². The maximum atomic E-state index is 13.0. The molecule has 0 bridgehead atoms. The normalized spacial score (nSPS) is 16.5. The van der Waals surface area contributed by atoms with Crippen LogP contribution in [0.15, 0.2) is 42.5 Å². The molecular formula is C23H28N2O5. The van der Waals surface area contributed by atoms with Gasteiger partial charge in [0.05, 0.1) is 27.4 Å². The van der Waals surface area contributed by atoms with Crippen LogP contribution in [0.2, 0.25) is 0 Å². The zero-order valence-electron chi connectivity index (χ0n) is 17.8. The monoisotopic (exact) mass is 412 g/mol. The van der Waals surface area contributed by atoms with Crippen LogP contribution in [0.3, 0.4) is 0 Å². The second kappa shape index (κ2) is 9.63. The molecule has 0 aliphatic carbocycles. The number of methoxy groups -OCH3 is 2. The lowest BCUT2D eigenvalue weighted by Crippen LogP contribution is -2.54. The highest BCUT2D eigenvalue weighted by Gasteiger charge is 2.34. The van der Waals surface area contributed by atoms with Crippen LogP contribution in [-0.2, 0) is 20.9 Å². The van der Waals surface area contributed by atoms with Crippen LogP contribution < -0.4 is 14.8 Å². The van der Waals surface area contributed by atoms with Crippen molar-refractivity contribution >= 4 is 17.5 Å². The number of carbonyl (C=O) groups excluding carboxylic acids is 2. The Hall–Kier alpha value is -3.06. The highest BCUT2D eigenvalue weighted by atomic mass is 16.5. The summed E-state index contributed by atoms with van der Waals surface area (Å²) in [5, 5.41) is 2.90. The first-order valence-corrected chi connectivity index (χ1v) is 9.92. The topological polar surface area (TPSA) is 77.1 Å². The number of hydrogen-bond donors (Lipinski definition) is 1. The van der Waals surface area contributed by atoms with Crippen molar-refractivity contribution in [2.45, 2.75) is 32.4 Å². The zero-order chi connectivity index (χ0) is 21.7. The predicted octanol–water partition coefficient (Wildman–Crippen LogP) is 3.19. The van der Waals surface area contributed by atoms with Crippen molar-refractivity contribution in [2.24, 2.45) is 0 Å². The summed E-state index contributed by atoms with van der Waals surface area (Å²) in [7, 11) is 3.14. The van der Waals surface area contributed by atoms with Gasteiger partial charge in [-0.25, -0.2) is 0 Å². The first-order valence-electron chi connectivity index (χ1n) is 9.92. The molecule has 0 spiro atoms. The highest BCUT2D eigenvalue weighted by Crippen LogP contribution is 2.27. The second-order valence-corrected chi connectivity index (χ2v) is 7.50. The molecule has 7 heteroatoms. The van der Waals surface area contributed by atoms with Crippen LogP contribution in [0, 0.1) is 0 Å². The molecule has 1 atom stereocenters. The Morgan fingerprint density at radius 1 is 1.17 bits per heavy atom. The van der Waals surface area contributed by atoms with E-state index in [9.17, 15) is 9.59 Å². The van der Waals surface area contributed by atoms with Crippen LogP contribution in [0.25, 0.3) is 0 Å². The van der Waals surface area contributed by atoms with Gasteiger partial charge in [0.15, 0.2) is 0 Å². The van der Waals surface area contributed by atoms with E-state index in [1.807, 2.05) is 30.3 Å². The van der Waals surface area contributed by atoms with Gasteiger partial charge in [0, 0.05) is 17.3 Å². The Morgan fingerprint density at radius 2 is 1.90 bits per heavy atom. The maximum Gasteiger partial charge on any atom is 0.249 e. The molecule has 0 saturated carbocycles. The SMILES string of the molecule is COc1ccc(CN2C(=O)COC[C@H]2C(=O)Nc2ccc(C(C)C)cc2)c(OC)c1. The molecule has 1 aliphatic heterocycles. The van der Waals surface area contributed by atoms with Crippen molar-refractivity contribution in [3.8, 4) is 11.5 Å². The zero-order valence-corrected chi connectivity index (χ0v) is 17.8. The molecule has 0 aromatic heterocycles. The van der Waals surface area contributed by atoms with Gasteiger partial charge >= 0.3 is 0 Å². The van der Waals surface area contributed by atoms with E-state index >= 15 is 0 Å². The summed E-state index contributed by atoms with van der Waals surface area (Å²) >= 11 is 0. The third-order valence-electron chi connectivity index (χ3n) is 5.18. The summed E-state index contributed by atoms with van der Waals surface area (Å²) in [6.45, 7) is 4.55. The van der Waals surface area contributed by atoms with E-state index in [-0.39, 0.29) is 31.6 Å². The van der Waals surface area contributed by atoms with Gasteiger partial charge < -0.3 is 24.4 Å². The summed E-state index contributed by atoms with van der Waals surface area (Å²) < 4.78 is 16.0. The number of hydrogen-bond acceptors (Lipinski definition) is 5. The smallest absolute Gasteiger partial charge is 0.249 e. The lowest BCUT2D eigenvalue weighted by molar-refractivity contribution is -0.154. The summed E-state index contributed by atoms with van der Waals surface area (Å²) in [6, 6.07) is 12.4. The number of anilines is 1. The number of morpholine rings is 1. The molecular weight excluding hydrogens is 384 g/mol. The molecule has 30 heavy (non-hydrogen) atoms. The van der Waals surface area contributed by atoms with E-state index < -0.39 is 6.04 Å². The first kappa shape index (κ1) is 21.6. The molecule has 2 aromatic carbocycles. The van der Waals surface area contributed by atoms with Crippen LogP contribution in [-0.4, -0.2) is 50.2 Å². The molecule has 1 aliphatic rings. The van der Waals surface area contributed by atoms with Crippen LogP contribution in [0.1, 0.15) is 30.9 Å². The van der Waals surface area contributed by atoms with E-state index in [1.165, 1.54) is 10.5 Å². The number of carbonyl (C=O) groups is 2. The van der Waals surface area contributed by atoms with E-state index in [2.05, 4.69) is 19.2 Å². The van der Waals surface area contributed by atoms with Crippen molar-refractivity contribution in [2.75, 3.05) is 32.8 Å². The molecule has 3 rings (SSSR count). The maximum absolute atomic E-state index is 13.0. The van der Waals surface area contributed by atoms with Crippen LogP contribution in [0.5, 0.6) is 11.5 Å². The summed E-state index contributed by atoms with van der Waals surface area (Å²) in [5.41, 5.74) is 2.66. The minimum Gasteiger partial charge on any atom is -0.497 e. The van der Waals surface area contributed by atoms with Gasteiger partial charge in [-0.1, -0.05) is 26.0 Å². The molecule has 1 saturated heterocycles. The van der Waals surface area contributed by atoms with Crippen molar-refractivity contribution in [1.29, 1.82) is 0 Å². The van der Waals surface area contributed by atoms with Crippen molar-refractivity contribution in [3.05, 3.63) is 53.6 Å². The number of nitrogens with one attached hydrogen (secondary N) is 1. The molecule has 2 aromatic rings. The molecule has 160 valence electrons. The Bertz CT molecular complexity index is 895. The molecule has 1 N–H and O–H groups in total. The molecule has 1 heterocycles. The molecule has 0 unspecified atom stereocenters. The van der Waals surface area contributed by atoms with E-state index in [0.717, 1.165) is 5.56 Å². The van der Waals surface area contributed by atoms with Crippen molar-refractivity contribution in [1.82, 2.24) is 4.90 Å². The van der Waals surface area contributed by atoms with E-state index in [1.54, 1.807) is 26.4 Å². The third-order valence-corrected chi connectivity index (χ3v) is 5.18. The number of nitrogens with zero attached hydrogens (tertiary/aromatic N) is 1. The Kier molecular flexibility index (Phi) is 6.95. The second-order valence-electron chi connectivity index (χ2n) is 7.50. The number of ether oxygens (including phenoxy) is 3. The number of rotatable bonds is 7. The lowest BCUT2D eigenvalue weighted by Gasteiger charge is -2.34. The minimum atomic E-state index is -0.733. The Balaban J connectivity index is 1.77. The van der Waals surface area contributed by atoms with Gasteiger partial charge in [-0.3, -0.25) is 9.59 Å². The first-order chi connectivity index (χ1) is 14.4. The predicted molar refractivity (Wildman–Crippen MR) is 114 cm³/mol. The fourth-order valence-electron chi connectivity index (χ4n) is 3.36. The number of amides is 2. The summed E-state index contributed by atoms with van der Waals surface area (Å²) in [6.07, 6.45) is 0. The van der Waals surface area contributed by atoms with Crippen molar-refractivity contribution in [3.63, 3.8) is 0 Å². The highest BCUT2D eigenvalue weighted by molar-refractivity contribution is 5.98. The van der Waals surface area contributed by atoms with Gasteiger partial charge in [0.1, 0.15) is 24.1 Å². The quantitative estimate of drug-likeness (QED) is 0.756. The Labute approximate surface area is 176 Å². The van der Waals surface area contributed by atoms with Gasteiger partial charge in [-0.2, -0.15) is 0 Å². The van der Waals surface area contributed by atoms with Gasteiger partial charge in [-0.05, 0) is 35.7 Å². The Morgan fingerprint density at radius 3 is 2.53 bits per heavy atom. The van der Waals surface area contributed by atoms with Gasteiger partial charge in [0.25, 0.3) is 0 Å². The van der Waals surface area contributed by atoms with Gasteiger partial charge in [0.2, 0.25) is 11.8 Å². The number of benzene rings is 2. The average Bonchev–Trinajstić information content (AvgIpc) is 2.75. The summed E-state index contributed by atoms with van der Waals surface area (Å²) in [5.74, 6) is 1.14. The van der Waals surface area contributed by atoms with Crippen LogP contribution >= 0.6 is 0 Å². The summed E-state index contributed by atoms with van der Waals surface area (Å²) in [4.78, 5) is 27.0. The third kappa shape index (κ3) is 4.91. The minimum absolute atomic E-state index is 0.0503. The fourth-order valence-corrected chi connectivity index (χ4v) is 3.36. The molecule has 2 amide bonds. The fraction of sp³-hybridized carbons (Fsp3) is 0.391. The van der Waals surface area contributed by atoms with Gasteiger partial charge in [-0.15, -0.1) is 0 Å².